The standard InChI is InChI=1S/C24H32N4O8S2/c1-26(2)38(32,33)27-15-16-28(22(18-27)24(29)25-36-23-10-6-7-17-34-23)37(30,31)21-13-11-20(12-14-21)35-19-8-4-3-5-9-19/h3-5,8-9,11-14,22-23H,6-7,10,15-18H2,1-2H3,(H,25,29). The maximum atomic E-state index is 13.6. The zero-order valence-electron chi connectivity index (χ0n) is 21.2. The van der Waals surface area contributed by atoms with Gasteiger partial charge in [-0.25, -0.2) is 18.7 Å². The molecule has 2 fully saturated rings. The lowest BCUT2D eigenvalue weighted by atomic mass is 10.2. The molecular weight excluding hydrogens is 536 g/mol. The van der Waals surface area contributed by atoms with Gasteiger partial charge in [0.05, 0.1) is 4.90 Å². The summed E-state index contributed by atoms with van der Waals surface area (Å²) in [5.41, 5.74) is 2.29. The Morgan fingerprint density at radius 3 is 2.29 bits per heavy atom. The summed E-state index contributed by atoms with van der Waals surface area (Å²) in [5.74, 6) is 0.248. The lowest BCUT2D eigenvalue weighted by Gasteiger charge is -2.39. The summed E-state index contributed by atoms with van der Waals surface area (Å²) in [6, 6.07) is 13.5. The number of carbonyl (C=O) groups is 1. The molecule has 0 aliphatic carbocycles. The van der Waals surface area contributed by atoms with Crippen LogP contribution in [0.2, 0.25) is 0 Å². The van der Waals surface area contributed by atoms with E-state index in [0.29, 0.717) is 24.5 Å². The van der Waals surface area contributed by atoms with Gasteiger partial charge in [0.25, 0.3) is 16.1 Å². The van der Waals surface area contributed by atoms with Crippen molar-refractivity contribution in [2.24, 2.45) is 0 Å². The van der Waals surface area contributed by atoms with Crippen LogP contribution in [0.4, 0.5) is 0 Å². The summed E-state index contributed by atoms with van der Waals surface area (Å²) < 4.78 is 67.1. The Labute approximate surface area is 223 Å². The van der Waals surface area contributed by atoms with Crippen LogP contribution in [0, 0.1) is 0 Å². The van der Waals surface area contributed by atoms with E-state index in [2.05, 4.69) is 5.48 Å². The Hall–Kier alpha value is -2.59. The van der Waals surface area contributed by atoms with Crippen molar-refractivity contribution in [2.45, 2.75) is 36.5 Å². The fraction of sp³-hybridized carbons (Fsp3) is 0.458. The van der Waals surface area contributed by atoms with Gasteiger partial charge in [0.15, 0.2) is 6.29 Å². The van der Waals surface area contributed by atoms with Crippen molar-refractivity contribution >= 4 is 26.1 Å². The summed E-state index contributed by atoms with van der Waals surface area (Å²) in [6.07, 6.45) is 1.67. The van der Waals surface area contributed by atoms with Crippen LogP contribution < -0.4 is 10.2 Å². The van der Waals surface area contributed by atoms with E-state index in [1.807, 2.05) is 18.2 Å². The molecule has 14 heteroatoms. The van der Waals surface area contributed by atoms with Crippen LogP contribution in [-0.2, 0) is 34.6 Å². The number of ether oxygens (including phenoxy) is 2. The minimum absolute atomic E-state index is 0.0591. The van der Waals surface area contributed by atoms with Gasteiger partial charge in [-0.3, -0.25) is 4.79 Å². The molecule has 0 aromatic heterocycles. The van der Waals surface area contributed by atoms with E-state index in [4.69, 9.17) is 14.3 Å². The van der Waals surface area contributed by atoms with Gasteiger partial charge < -0.3 is 9.47 Å². The predicted octanol–water partition coefficient (Wildman–Crippen LogP) is 1.53. The van der Waals surface area contributed by atoms with Crippen LogP contribution in [0.15, 0.2) is 59.5 Å². The number of hydrogen-bond acceptors (Lipinski definition) is 8. The number of sulfonamides is 1. The van der Waals surface area contributed by atoms with Gasteiger partial charge in [0, 0.05) is 46.8 Å². The van der Waals surface area contributed by atoms with Crippen LogP contribution in [0.1, 0.15) is 19.3 Å². The summed E-state index contributed by atoms with van der Waals surface area (Å²) in [7, 11) is -5.33. The first-order valence-corrected chi connectivity index (χ1v) is 15.0. The van der Waals surface area contributed by atoms with Crippen molar-refractivity contribution in [2.75, 3.05) is 40.3 Å². The van der Waals surface area contributed by atoms with Gasteiger partial charge in [0.2, 0.25) is 10.0 Å². The third-order valence-electron chi connectivity index (χ3n) is 6.22. The number of para-hydroxylation sites is 1. The average molecular weight is 569 g/mol. The number of benzene rings is 2. The molecule has 2 atom stereocenters. The number of hydroxylamine groups is 1. The van der Waals surface area contributed by atoms with E-state index in [1.165, 1.54) is 38.4 Å². The molecule has 2 aliphatic rings. The number of hydrogen-bond donors (Lipinski definition) is 1. The highest BCUT2D eigenvalue weighted by Crippen LogP contribution is 2.27. The van der Waals surface area contributed by atoms with Crippen molar-refractivity contribution in [1.82, 2.24) is 18.4 Å². The normalized spacial score (nSPS) is 21.8. The third kappa shape index (κ3) is 6.51. The van der Waals surface area contributed by atoms with Crippen LogP contribution in [-0.4, -0.2) is 88.3 Å². The van der Waals surface area contributed by atoms with E-state index in [0.717, 1.165) is 25.8 Å². The highest BCUT2D eigenvalue weighted by molar-refractivity contribution is 7.89. The minimum Gasteiger partial charge on any atom is -0.457 e. The monoisotopic (exact) mass is 568 g/mol. The topological polar surface area (TPSA) is 135 Å². The molecule has 2 unspecified atom stereocenters. The molecule has 2 aromatic carbocycles. The highest BCUT2D eigenvalue weighted by Gasteiger charge is 2.44. The van der Waals surface area contributed by atoms with Gasteiger partial charge in [-0.15, -0.1) is 0 Å². The zero-order valence-corrected chi connectivity index (χ0v) is 22.9. The molecule has 1 amide bonds. The van der Waals surface area contributed by atoms with Crippen LogP contribution in [0.25, 0.3) is 0 Å². The second kappa shape index (κ2) is 12.1. The second-order valence-electron chi connectivity index (χ2n) is 9.05. The minimum atomic E-state index is -4.18. The molecule has 0 bridgehead atoms. The lowest BCUT2D eigenvalue weighted by Crippen LogP contribution is -2.62. The van der Waals surface area contributed by atoms with Gasteiger partial charge in [0.1, 0.15) is 17.5 Å². The Balaban J connectivity index is 1.54. The van der Waals surface area contributed by atoms with Crippen molar-refractivity contribution in [3.8, 4) is 11.5 Å². The largest absolute Gasteiger partial charge is 0.457 e. The molecule has 0 spiro atoms. The number of piperazine rings is 1. The number of carbonyl (C=O) groups excluding carboxylic acids is 1. The highest BCUT2D eigenvalue weighted by atomic mass is 32.2. The lowest BCUT2D eigenvalue weighted by molar-refractivity contribution is -0.202. The van der Waals surface area contributed by atoms with E-state index in [1.54, 1.807) is 12.1 Å². The molecule has 2 aromatic rings. The van der Waals surface area contributed by atoms with Crippen molar-refractivity contribution in [3.05, 3.63) is 54.6 Å². The molecule has 0 radical (unpaired) electrons. The zero-order chi connectivity index (χ0) is 27.3. The first-order chi connectivity index (χ1) is 18.1. The Morgan fingerprint density at radius 1 is 0.974 bits per heavy atom. The Bertz CT molecular complexity index is 1300. The SMILES string of the molecule is CN(C)S(=O)(=O)N1CCN(S(=O)(=O)c2ccc(Oc3ccccc3)cc2)C(C(=O)NOC2CCCCO2)C1. The number of amides is 1. The van der Waals surface area contributed by atoms with Crippen molar-refractivity contribution < 1.29 is 35.9 Å². The Kier molecular flexibility index (Phi) is 9.03. The fourth-order valence-electron chi connectivity index (χ4n) is 4.12. The molecular formula is C24H32N4O8S2. The van der Waals surface area contributed by atoms with Crippen LogP contribution in [0.5, 0.6) is 11.5 Å². The molecule has 4 rings (SSSR count). The molecule has 2 heterocycles. The molecule has 2 saturated heterocycles. The molecule has 38 heavy (non-hydrogen) atoms. The van der Waals surface area contributed by atoms with Crippen LogP contribution >= 0.6 is 0 Å². The van der Waals surface area contributed by atoms with Crippen LogP contribution in [0.3, 0.4) is 0 Å². The summed E-state index contributed by atoms with van der Waals surface area (Å²) in [5, 5.41) is 0. The van der Waals surface area contributed by atoms with Gasteiger partial charge in [-0.1, -0.05) is 18.2 Å². The average Bonchev–Trinajstić information content (AvgIpc) is 2.92. The van der Waals surface area contributed by atoms with Crippen molar-refractivity contribution in [3.63, 3.8) is 0 Å². The van der Waals surface area contributed by atoms with Crippen molar-refractivity contribution in [1.29, 1.82) is 0 Å². The molecule has 12 nitrogen and oxygen atoms in total. The smallest absolute Gasteiger partial charge is 0.281 e. The maximum Gasteiger partial charge on any atom is 0.281 e. The van der Waals surface area contributed by atoms with E-state index < -0.39 is 38.5 Å². The number of rotatable bonds is 9. The second-order valence-corrected chi connectivity index (χ2v) is 13.1. The van der Waals surface area contributed by atoms with E-state index >= 15 is 0 Å². The quantitative estimate of drug-likeness (QED) is 0.450. The summed E-state index contributed by atoms with van der Waals surface area (Å²) in [4.78, 5) is 18.5. The first kappa shape index (κ1) is 28.4. The first-order valence-electron chi connectivity index (χ1n) is 12.2. The third-order valence-corrected chi connectivity index (χ3v) is 10.1. The van der Waals surface area contributed by atoms with E-state index in [-0.39, 0.29) is 24.5 Å². The van der Waals surface area contributed by atoms with E-state index in [9.17, 15) is 21.6 Å². The maximum absolute atomic E-state index is 13.6. The van der Waals surface area contributed by atoms with Gasteiger partial charge in [-0.2, -0.15) is 21.3 Å². The molecule has 208 valence electrons. The summed E-state index contributed by atoms with van der Waals surface area (Å²) in [6.45, 7) is -0.236. The predicted molar refractivity (Wildman–Crippen MR) is 138 cm³/mol. The Morgan fingerprint density at radius 2 is 1.66 bits per heavy atom. The molecule has 1 N–H and O–H groups in total. The van der Waals surface area contributed by atoms with Gasteiger partial charge in [-0.05, 0) is 49.2 Å². The summed E-state index contributed by atoms with van der Waals surface area (Å²) >= 11 is 0. The van der Waals surface area contributed by atoms with Gasteiger partial charge >= 0.3 is 0 Å². The fourth-order valence-corrected chi connectivity index (χ4v) is 6.79. The number of nitrogens with one attached hydrogen (secondary N) is 1. The molecule has 0 saturated carbocycles. The molecule has 2 aliphatic heterocycles. The number of nitrogens with zero attached hydrogens (tertiary/aromatic N) is 3.